The molecule has 106 valence electrons. The average Bonchev–Trinajstić information content (AvgIpc) is 2.63. The Labute approximate surface area is 115 Å². The molecular weight excluding hydrogens is 239 g/mol. The van der Waals surface area contributed by atoms with Crippen LogP contribution in [0.15, 0.2) is 18.2 Å². The van der Waals surface area contributed by atoms with Gasteiger partial charge in [0.15, 0.2) is 0 Å². The molecule has 0 amide bonds. The second-order valence-electron chi connectivity index (χ2n) is 5.57. The summed E-state index contributed by atoms with van der Waals surface area (Å²) in [4.78, 5) is 2.50. The maximum atomic E-state index is 13.5. The molecule has 1 heterocycles. The van der Waals surface area contributed by atoms with Gasteiger partial charge in [0.25, 0.3) is 0 Å². The largest absolute Gasteiger partial charge is 0.330 e. The Bertz CT molecular complexity index is 405. The number of hydrogen-bond acceptors (Lipinski definition) is 2. The van der Waals surface area contributed by atoms with Crippen molar-refractivity contribution in [3.8, 4) is 0 Å². The Morgan fingerprint density at radius 3 is 2.79 bits per heavy atom. The summed E-state index contributed by atoms with van der Waals surface area (Å²) in [5.41, 5.74) is 7.94. The van der Waals surface area contributed by atoms with E-state index in [0.29, 0.717) is 18.5 Å². The summed E-state index contributed by atoms with van der Waals surface area (Å²) < 4.78 is 13.5. The van der Waals surface area contributed by atoms with Crippen molar-refractivity contribution in [3.63, 3.8) is 0 Å². The van der Waals surface area contributed by atoms with Crippen molar-refractivity contribution in [1.29, 1.82) is 0 Å². The summed E-state index contributed by atoms with van der Waals surface area (Å²) >= 11 is 0. The van der Waals surface area contributed by atoms with Crippen LogP contribution in [0.5, 0.6) is 0 Å². The van der Waals surface area contributed by atoms with E-state index < -0.39 is 0 Å². The lowest BCUT2D eigenvalue weighted by Gasteiger charge is -2.34. The smallest absolute Gasteiger partial charge is 0.126 e. The topological polar surface area (TPSA) is 29.3 Å². The van der Waals surface area contributed by atoms with Crippen molar-refractivity contribution in [2.75, 3.05) is 19.6 Å². The SMILES string of the molecule is CCN1CCCCC(CN)C1c1ccc(F)c(C)c1. The maximum absolute atomic E-state index is 13.5. The molecule has 0 spiro atoms. The van der Waals surface area contributed by atoms with Gasteiger partial charge in [0.2, 0.25) is 0 Å². The summed E-state index contributed by atoms with van der Waals surface area (Å²) in [6.45, 7) is 6.88. The van der Waals surface area contributed by atoms with Crippen molar-refractivity contribution < 1.29 is 4.39 Å². The van der Waals surface area contributed by atoms with Crippen molar-refractivity contribution in [1.82, 2.24) is 4.90 Å². The van der Waals surface area contributed by atoms with Gasteiger partial charge < -0.3 is 5.73 Å². The highest BCUT2D eigenvalue weighted by atomic mass is 19.1. The van der Waals surface area contributed by atoms with Crippen molar-refractivity contribution in [2.24, 2.45) is 11.7 Å². The monoisotopic (exact) mass is 264 g/mol. The van der Waals surface area contributed by atoms with E-state index in [0.717, 1.165) is 18.7 Å². The third kappa shape index (κ3) is 3.15. The molecule has 0 bridgehead atoms. The lowest BCUT2D eigenvalue weighted by atomic mass is 9.88. The molecule has 19 heavy (non-hydrogen) atoms. The Hall–Kier alpha value is -0.930. The van der Waals surface area contributed by atoms with E-state index in [1.165, 1.54) is 24.8 Å². The van der Waals surface area contributed by atoms with Crippen molar-refractivity contribution >= 4 is 0 Å². The minimum atomic E-state index is -0.121. The van der Waals surface area contributed by atoms with E-state index in [-0.39, 0.29) is 5.82 Å². The molecule has 1 fully saturated rings. The number of likely N-dealkylation sites (tertiary alicyclic amines) is 1. The van der Waals surface area contributed by atoms with Crippen LogP contribution in [-0.2, 0) is 0 Å². The highest BCUT2D eigenvalue weighted by molar-refractivity contribution is 5.27. The lowest BCUT2D eigenvalue weighted by molar-refractivity contribution is 0.166. The summed E-state index contributed by atoms with van der Waals surface area (Å²) in [5, 5.41) is 0. The van der Waals surface area contributed by atoms with Crippen molar-refractivity contribution in [3.05, 3.63) is 35.1 Å². The number of rotatable bonds is 3. The molecular formula is C16H25FN2. The number of hydrogen-bond donors (Lipinski definition) is 1. The summed E-state index contributed by atoms with van der Waals surface area (Å²) in [6.07, 6.45) is 3.66. The molecule has 1 aromatic rings. The Balaban J connectivity index is 2.36. The fraction of sp³-hybridized carbons (Fsp3) is 0.625. The zero-order valence-corrected chi connectivity index (χ0v) is 12.0. The van der Waals surface area contributed by atoms with Crippen LogP contribution in [0, 0.1) is 18.7 Å². The van der Waals surface area contributed by atoms with E-state index in [9.17, 15) is 4.39 Å². The number of nitrogens with two attached hydrogens (primary N) is 1. The fourth-order valence-corrected chi connectivity index (χ4v) is 3.25. The van der Waals surface area contributed by atoms with E-state index >= 15 is 0 Å². The summed E-state index contributed by atoms with van der Waals surface area (Å²) in [6, 6.07) is 5.87. The van der Waals surface area contributed by atoms with E-state index in [2.05, 4.69) is 11.8 Å². The van der Waals surface area contributed by atoms with Gasteiger partial charge in [-0.1, -0.05) is 25.5 Å². The predicted octanol–water partition coefficient (Wildman–Crippen LogP) is 3.26. The van der Waals surface area contributed by atoms with Crippen molar-refractivity contribution in [2.45, 2.75) is 39.2 Å². The predicted molar refractivity (Wildman–Crippen MR) is 77.5 cm³/mol. The van der Waals surface area contributed by atoms with Crippen LogP contribution in [0.1, 0.15) is 43.4 Å². The van der Waals surface area contributed by atoms with Gasteiger partial charge in [-0.05, 0) is 62.5 Å². The molecule has 3 heteroatoms. The van der Waals surface area contributed by atoms with Crippen LogP contribution in [0.2, 0.25) is 0 Å². The maximum Gasteiger partial charge on any atom is 0.126 e. The third-order valence-electron chi connectivity index (χ3n) is 4.34. The molecule has 2 atom stereocenters. The molecule has 1 aliphatic rings. The van der Waals surface area contributed by atoms with Crippen LogP contribution in [0.3, 0.4) is 0 Å². The first-order valence-corrected chi connectivity index (χ1v) is 7.37. The molecule has 1 aliphatic heterocycles. The molecule has 2 N–H and O–H groups in total. The molecule has 0 saturated carbocycles. The van der Waals surface area contributed by atoms with Gasteiger partial charge in [-0.3, -0.25) is 4.90 Å². The second-order valence-corrected chi connectivity index (χ2v) is 5.57. The van der Waals surface area contributed by atoms with Crippen LogP contribution in [-0.4, -0.2) is 24.5 Å². The highest BCUT2D eigenvalue weighted by Crippen LogP contribution is 2.35. The van der Waals surface area contributed by atoms with Gasteiger partial charge in [-0.15, -0.1) is 0 Å². The van der Waals surface area contributed by atoms with Crippen LogP contribution in [0.4, 0.5) is 4.39 Å². The van der Waals surface area contributed by atoms with Gasteiger partial charge in [0.05, 0.1) is 0 Å². The molecule has 1 aromatic carbocycles. The number of aryl methyl sites for hydroxylation is 1. The summed E-state index contributed by atoms with van der Waals surface area (Å²) in [5.74, 6) is 0.358. The number of nitrogens with zero attached hydrogens (tertiary/aromatic N) is 1. The molecule has 0 radical (unpaired) electrons. The first-order chi connectivity index (χ1) is 9.17. The average molecular weight is 264 g/mol. The quantitative estimate of drug-likeness (QED) is 0.908. The first-order valence-electron chi connectivity index (χ1n) is 7.37. The molecule has 1 saturated heterocycles. The highest BCUT2D eigenvalue weighted by Gasteiger charge is 2.29. The number of benzene rings is 1. The second kappa shape index (κ2) is 6.49. The van der Waals surface area contributed by atoms with E-state index in [4.69, 9.17) is 5.73 Å². The minimum Gasteiger partial charge on any atom is -0.330 e. The Morgan fingerprint density at radius 2 is 2.16 bits per heavy atom. The summed E-state index contributed by atoms with van der Waals surface area (Å²) in [7, 11) is 0. The Kier molecular flexibility index (Phi) is 4.94. The van der Waals surface area contributed by atoms with Crippen LogP contribution in [0.25, 0.3) is 0 Å². The van der Waals surface area contributed by atoms with Gasteiger partial charge >= 0.3 is 0 Å². The van der Waals surface area contributed by atoms with E-state index in [1.54, 1.807) is 6.07 Å². The normalized spacial score (nSPS) is 25.3. The third-order valence-corrected chi connectivity index (χ3v) is 4.34. The molecule has 2 rings (SSSR count). The first kappa shape index (κ1) is 14.5. The fourth-order valence-electron chi connectivity index (χ4n) is 3.25. The molecule has 2 nitrogen and oxygen atoms in total. The van der Waals surface area contributed by atoms with Gasteiger partial charge in [0.1, 0.15) is 5.82 Å². The zero-order chi connectivity index (χ0) is 13.8. The van der Waals surface area contributed by atoms with Gasteiger partial charge in [0, 0.05) is 6.04 Å². The van der Waals surface area contributed by atoms with Gasteiger partial charge in [-0.25, -0.2) is 4.39 Å². The molecule has 2 unspecified atom stereocenters. The zero-order valence-electron chi connectivity index (χ0n) is 12.0. The van der Waals surface area contributed by atoms with Crippen LogP contribution < -0.4 is 5.73 Å². The standard InChI is InChI=1S/C16H25FN2/c1-3-19-9-5-4-6-14(11-18)16(19)13-7-8-15(17)12(2)10-13/h7-8,10,14,16H,3-6,9,11,18H2,1-2H3. The molecule has 0 aliphatic carbocycles. The minimum absolute atomic E-state index is 0.121. The molecule has 0 aromatic heterocycles. The van der Waals surface area contributed by atoms with E-state index in [1.807, 2.05) is 19.1 Å². The van der Waals surface area contributed by atoms with Gasteiger partial charge in [-0.2, -0.15) is 0 Å². The van der Waals surface area contributed by atoms with Crippen LogP contribution >= 0.6 is 0 Å². The number of halogens is 1. The lowest BCUT2D eigenvalue weighted by Crippen LogP contribution is -2.35. The Morgan fingerprint density at radius 1 is 1.37 bits per heavy atom.